The van der Waals surface area contributed by atoms with Crippen LogP contribution in [0.2, 0.25) is 0 Å². The summed E-state index contributed by atoms with van der Waals surface area (Å²) in [6.45, 7) is 1.56. The molecule has 7 heteroatoms. The number of rotatable bonds is 8. The monoisotopic (exact) mass is 392 g/mol. The van der Waals surface area contributed by atoms with Gasteiger partial charge in [-0.25, -0.2) is 9.97 Å². The van der Waals surface area contributed by atoms with Crippen LogP contribution in [-0.2, 0) is 0 Å². The van der Waals surface area contributed by atoms with Crippen molar-refractivity contribution < 1.29 is 14.2 Å². The van der Waals surface area contributed by atoms with Crippen LogP contribution in [-0.4, -0.2) is 54.2 Å². The topological polar surface area (TPSA) is 72.5 Å². The van der Waals surface area contributed by atoms with Gasteiger partial charge in [0.1, 0.15) is 12.1 Å². The Bertz CT molecular complexity index is 1120. The Hall–Kier alpha value is -3.32. The number of hydrogen-bond acceptors (Lipinski definition) is 6. The third-order valence-electron chi connectivity index (χ3n) is 4.63. The summed E-state index contributed by atoms with van der Waals surface area (Å²) in [5, 5.41) is 1.84. The lowest BCUT2D eigenvalue weighted by Crippen LogP contribution is -2.15. The van der Waals surface area contributed by atoms with Gasteiger partial charge in [0.15, 0.2) is 11.5 Å². The highest BCUT2D eigenvalue weighted by Crippen LogP contribution is 2.36. The molecule has 0 aliphatic heterocycles. The molecule has 0 fully saturated rings. The maximum atomic E-state index is 6.07. The summed E-state index contributed by atoms with van der Waals surface area (Å²) in [6, 6.07) is 11.6. The van der Waals surface area contributed by atoms with Gasteiger partial charge in [-0.15, -0.1) is 0 Å². The van der Waals surface area contributed by atoms with Gasteiger partial charge in [-0.1, -0.05) is 0 Å². The summed E-state index contributed by atoms with van der Waals surface area (Å²) in [5.41, 5.74) is 1.80. The minimum absolute atomic E-state index is 0.474. The van der Waals surface area contributed by atoms with Gasteiger partial charge >= 0.3 is 0 Å². The van der Waals surface area contributed by atoms with Crippen molar-refractivity contribution in [2.24, 2.45) is 0 Å². The van der Waals surface area contributed by atoms with E-state index in [4.69, 9.17) is 14.2 Å². The van der Waals surface area contributed by atoms with E-state index in [0.29, 0.717) is 29.7 Å². The second-order valence-corrected chi connectivity index (χ2v) is 7.03. The Morgan fingerprint density at radius 3 is 2.76 bits per heavy atom. The largest absolute Gasteiger partial charge is 0.493 e. The highest BCUT2D eigenvalue weighted by molar-refractivity contribution is 5.87. The van der Waals surface area contributed by atoms with Crippen LogP contribution in [0.5, 0.6) is 23.1 Å². The molecular weight excluding hydrogens is 368 g/mol. The first kappa shape index (κ1) is 19.0. The Kier molecular flexibility index (Phi) is 5.48. The summed E-state index contributed by atoms with van der Waals surface area (Å²) in [5.74, 6) is 2.47. The molecule has 4 rings (SSSR count). The van der Waals surface area contributed by atoms with Crippen molar-refractivity contribution in [2.45, 2.75) is 6.42 Å². The van der Waals surface area contributed by atoms with E-state index in [9.17, 15) is 0 Å². The third-order valence-corrected chi connectivity index (χ3v) is 4.63. The second kappa shape index (κ2) is 8.36. The molecule has 0 bridgehead atoms. The number of nitrogens with one attached hydrogen (secondary N) is 1. The maximum Gasteiger partial charge on any atom is 0.230 e. The van der Waals surface area contributed by atoms with Crippen molar-refractivity contribution >= 4 is 21.8 Å². The van der Waals surface area contributed by atoms with Gasteiger partial charge in [0.05, 0.1) is 24.6 Å². The first-order valence-electron chi connectivity index (χ1n) is 9.49. The van der Waals surface area contributed by atoms with Crippen LogP contribution in [0.3, 0.4) is 0 Å². The normalized spacial score (nSPS) is 11.3. The molecule has 0 aliphatic rings. The molecular formula is C22H24N4O3. The number of H-pyrrole nitrogens is 1. The van der Waals surface area contributed by atoms with E-state index < -0.39 is 0 Å². The molecule has 0 spiro atoms. The molecule has 2 aromatic carbocycles. The van der Waals surface area contributed by atoms with Crippen molar-refractivity contribution in [2.75, 3.05) is 34.4 Å². The number of nitrogens with zero attached hydrogens (tertiary/aromatic N) is 3. The number of aromatic amines is 1. The van der Waals surface area contributed by atoms with Crippen molar-refractivity contribution in [1.82, 2.24) is 19.9 Å². The van der Waals surface area contributed by atoms with Crippen molar-refractivity contribution in [3.8, 4) is 23.1 Å². The average molecular weight is 392 g/mol. The van der Waals surface area contributed by atoms with E-state index in [-0.39, 0.29) is 0 Å². The number of methoxy groups -OCH3 is 1. The molecule has 0 amide bonds. The van der Waals surface area contributed by atoms with Crippen molar-refractivity contribution in [3.05, 3.63) is 48.9 Å². The van der Waals surface area contributed by atoms with Gasteiger partial charge in [0, 0.05) is 29.7 Å². The quantitative estimate of drug-likeness (QED) is 0.452. The zero-order valence-corrected chi connectivity index (χ0v) is 16.8. The molecule has 1 N–H and O–H groups in total. The zero-order valence-electron chi connectivity index (χ0n) is 16.8. The highest BCUT2D eigenvalue weighted by Gasteiger charge is 2.13. The van der Waals surface area contributed by atoms with Gasteiger partial charge in [-0.05, 0) is 50.8 Å². The Labute approximate surface area is 169 Å². The molecule has 0 saturated carbocycles. The molecule has 7 nitrogen and oxygen atoms in total. The zero-order chi connectivity index (χ0) is 20.2. The molecule has 0 radical (unpaired) electrons. The summed E-state index contributed by atoms with van der Waals surface area (Å²) in [7, 11) is 5.71. The fourth-order valence-corrected chi connectivity index (χ4v) is 3.16. The number of aromatic nitrogens is 3. The van der Waals surface area contributed by atoms with E-state index in [1.54, 1.807) is 7.11 Å². The number of ether oxygens (including phenoxy) is 3. The third kappa shape index (κ3) is 4.25. The standard InChI is InChI=1S/C22H24N4O3/c1-26(2)9-4-10-28-21-13-19-17(12-20(21)27-3)22(25-14-24-19)29-16-5-6-18-15(11-16)7-8-23-18/h5-8,11-14,23H,4,9-10H2,1-3H3. The summed E-state index contributed by atoms with van der Waals surface area (Å²) in [4.78, 5) is 14.0. The lowest BCUT2D eigenvalue weighted by Gasteiger charge is -2.14. The van der Waals surface area contributed by atoms with Crippen LogP contribution >= 0.6 is 0 Å². The number of hydrogen-bond donors (Lipinski definition) is 1. The van der Waals surface area contributed by atoms with Crippen molar-refractivity contribution in [3.63, 3.8) is 0 Å². The fraction of sp³-hybridized carbons (Fsp3) is 0.273. The van der Waals surface area contributed by atoms with Crippen molar-refractivity contribution in [1.29, 1.82) is 0 Å². The Morgan fingerprint density at radius 1 is 1.03 bits per heavy atom. The first-order valence-corrected chi connectivity index (χ1v) is 9.49. The molecule has 0 unspecified atom stereocenters. The van der Waals surface area contributed by atoms with E-state index in [1.165, 1.54) is 6.33 Å². The van der Waals surface area contributed by atoms with Gasteiger partial charge in [-0.3, -0.25) is 0 Å². The summed E-state index contributed by atoms with van der Waals surface area (Å²) < 4.78 is 17.5. The molecule has 0 atom stereocenters. The molecule has 0 aliphatic carbocycles. The first-order chi connectivity index (χ1) is 14.1. The number of fused-ring (bicyclic) bond motifs is 2. The predicted octanol–water partition coefficient (Wildman–Crippen LogP) is 4.24. The molecule has 0 saturated heterocycles. The van der Waals surface area contributed by atoms with E-state index >= 15 is 0 Å². The van der Waals surface area contributed by atoms with E-state index in [0.717, 1.165) is 34.8 Å². The van der Waals surface area contributed by atoms with Gasteiger partial charge in [0.25, 0.3) is 0 Å². The minimum Gasteiger partial charge on any atom is -0.493 e. The minimum atomic E-state index is 0.474. The maximum absolute atomic E-state index is 6.07. The average Bonchev–Trinajstić information content (AvgIpc) is 3.18. The lowest BCUT2D eigenvalue weighted by molar-refractivity contribution is 0.268. The summed E-state index contributed by atoms with van der Waals surface area (Å²) >= 11 is 0. The highest BCUT2D eigenvalue weighted by atomic mass is 16.5. The molecule has 150 valence electrons. The van der Waals surface area contributed by atoms with Crippen LogP contribution in [0.1, 0.15) is 6.42 Å². The molecule has 4 aromatic rings. The second-order valence-electron chi connectivity index (χ2n) is 7.03. The van der Waals surface area contributed by atoms with E-state index in [2.05, 4.69) is 19.9 Å². The van der Waals surface area contributed by atoms with Crippen LogP contribution in [0.4, 0.5) is 0 Å². The van der Waals surface area contributed by atoms with E-state index in [1.807, 2.05) is 56.7 Å². The number of benzene rings is 2. The smallest absolute Gasteiger partial charge is 0.230 e. The van der Waals surface area contributed by atoms with Gasteiger partial charge in [-0.2, -0.15) is 0 Å². The summed E-state index contributed by atoms with van der Waals surface area (Å²) in [6.07, 6.45) is 4.32. The van der Waals surface area contributed by atoms with Gasteiger partial charge < -0.3 is 24.1 Å². The van der Waals surface area contributed by atoms with Crippen LogP contribution in [0.15, 0.2) is 48.9 Å². The van der Waals surface area contributed by atoms with Crippen LogP contribution in [0.25, 0.3) is 21.8 Å². The van der Waals surface area contributed by atoms with Crippen LogP contribution in [0, 0.1) is 0 Å². The molecule has 2 aromatic heterocycles. The predicted molar refractivity (Wildman–Crippen MR) is 113 cm³/mol. The fourth-order valence-electron chi connectivity index (χ4n) is 3.16. The molecule has 29 heavy (non-hydrogen) atoms. The Balaban J connectivity index is 1.61. The molecule has 2 heterocycles. The SMILES string of the molecule is COc1cc2c(Oc3ccc4[nH]ccc4c3)ncnc2cc1OCCCN(C)C. The Morgan fingerprint density at radius 2 is 1.93 bits per heavy atom. The van der Waals surface area contributed by atoms with Gasteiger partial charge in [0.2, 0.25) is 5.88 Å². The lowest BCUT2D eigenvalue weighted by atomic mass is 10.2. The van der Waals surface area contributed by atoms with Crippen LogP contribution < -0.4 is 14.2 Å².